The minimum atomic E-state index is -0.333. The van der Waals surface area contributed by atoms with Crippen molar-refractivity contribution in [3.8, 4) is 22.7 Å². The van der Waals surface area contributed by atoms with E-state index in [0.717, 1.165) is 28.3 Å². The van der Waals surface area contributed by atoms with Crippen molar-refractivity contribution in [2.24, 2.45) is 0 Å². The van der Waals surface area contributed by atoms with E-state index in [1.807, 2.05) is 41.8 Å². The second kappa shape index (κ2) is 7.79. The average molecular weight is 377 g/mol. The van der Waals surface area contributed by atoms with Crippen LogP contribution in [-0.4, -0.2) is 21.0 Å². The van der Waals surface area contributed by atoms with Crippen molar-refractivity contribution in [2.75, 3.05) is 5.32 Å². The lowest BCUT2D eigenvalue weighted by molar-refractivity contribution is 0.251. The largest absolute Gasteiger partial charge is 0.464 e. The van der Waals surface area contributed by atoms with Gasteiger partial charge < -0.3 is 9.73 Å². The monoisotopic (exact) mass is 377 g/mol. The smallest absolute Gasteiger partial charge is 0.321 e. The van der Waals surface area contributed by atoms with E-state index in [1.54, 1.807) is 24.9 Å². The summed E-state index contributed by atoms with van der Waals surface area (Å²) in [7, 11) is 0. The normalized spacial score (nSPS) is 10.5. The summed E-state index contributed by atoms with van der Waals surface area (Å²) in [5.41, 5.74) is 3.22. The Morgan fingerprint density at radius 1 is 1.15 bits per heavy atom. The molecule has 8 heteroatoms. The van der Waals surface area contributed by atoms with E-state index in [1.165, 1.54) is 11.3 Å². The molecule has 0 fully saturated rings. The molecule has 0 aromatic carbocycles. The predicted octanol–water partition coefficient (Wildman–Crippen LogP) is 4.18. The number of urea groups is 1. The third-order valence-corrected chi connectivity index (χ3v) is 4.46. The van der Waals surface area contributed by atoms with E-state index in [0.29, 0.717) is 11.7 Å². The molecule has 4 aromatic rings. The number of hydrogen-bond acceptors (Lipinski definition) is 6. The fraction of sp³-hybridized carbons (Fsp3) is 0.0526. The van der Waals surface area contributed by atoms with Gasteiger partial charge in [-0.3, -0.25) is 15.3 Å². The highest BCUT2D eigenvalue weighted by atomic mass is 32.1. The molecule has 0 aliphatic rings. The average Bonchev–Trinajstić information content (AvgIpc) is 3.40. The molecule has 0 atom stereocenters. The highest BCUT2D eigenvalue weighted by Crippen LogP contribution is 2.23. The summed E-state index contributed by atoms with van der Waals surface area (Å²) in [6.45, 7) is 0.339. The molecule has 0 spiro atoms. The Labute approximate surface area is 159 Å². The van der Waals surface area contributed by atoms with Crippen molar-refractivity contribution < 1.29 is 9.21 Å². The molecule has 134 valence electrons. The summed E-state index contributed by atoms with van der Waals surface area (Å²) >= 11 is 1.35. The van der Waals surface area contributed by atoms with Crippen LogP contribution in [0.3, 0.4) is 0 Å². The molecule has 4 heterocycles. The minimum Gasteiger partial charge on any atom is -0.464 e. The summed E-state index contributed by atoms with van der Waals surface area (Å²) in [5.74, 6) is 0.735. The summed E-state index contributed by atoms with van der Waals surface area (Å²) < 4.78 is 5.37. The Bertz CT molecular complexity index is 1030. The predicted molar refractivity (Wildman–Crippen MR) is 103 cm³/mol. The van der Waals surface area contributed by atoms with Crippen molar-refractivity contribution >= 4 is 22.5 Å². The van der Waals surface area contributed by atoms with E-state index in [-0.39, 0.29) is 6.03 Å². The van der Waals surface area contributed by atoms with Crippen molar-refractivity contribution in [3.63, 3.8) is 0 Å². The Balaban J connectivity index is 1.35. The van der Waals surface area contributed by atoms with E-state index in [2.05, 4.69) is 25.6 Å². The van der Waals surface area contributed by atoms with Gasteiger partial charge in [-0.05, 0) is 35.9 Å². The van der Waals surface area contributed by atoms with Gasteiger partial charge >= 0.3 is 6.03 Å². The van der Waals surface area contributed by atoms with Crippen molar-refractivity contribution in [3.05, 3.63) is 72.2 Å². The van der Waals surface area contributed by atoms with Gasteiger partial charge in [0.2, 0.25) is 0 Å². The van der Waals surface area contributed by atoms with Gasteiger partial charge in [-0.15, -0.1) is 11.3 Å². The van der Waals surface area contributed by atoms with Crippen LogP contribution >= 0.6 is 11.3 Å². The van der Waals surface area contributed by atoms with Gasteiger partial charge in [0.25, 0.3) is 0 Å². The summed E-state index contributed by atoms with van der Waals surface area (Å²) in [4.78, 5) is 25.0. The maximum Gasteiger partial charge on any atom is 0.321 e. The molecule has 2 N–H and O–H groups in total. The van der Waals surface area contributed by atoms with E-state index >= 15 is 0 Å². The van der Waals surface area contributed by atoms with Crippen molar-refractivity contribution in [2.45, 2.75) is 6.54 Å². The number of nitrogens with one attached hydrogen (secondary N) is 2. The lowest BCUT2D eigenvalue weighted by Crippen LogP contribution is -2.28. The van der Waals surface area contributed by atoms with E-state index < -0.39 is 0 Å². The molecular formula is C19H15N5O2S. The Morgan fingerprint density at radius 3 is 2.93 bits per heavy atom. The number of nitrogens with zero attached hydrogens (tertiary/aromatic N) is 3. The molecule has 0 unspecified atom stereocenters. The van der Waals surface area contributed by atoms with E-state index in [9.17, 15) is 4.79 Å². The van der Waals surface area contributed by atoms with Crippen LogP contribution in [0.1, 0.15) is 5.56 Å². The van der Waals surface area contributed by atoms with Crippen LogP contribution in [0.4, 0.5) is 9.93 Å². The number of carbonyl (C=O) groups is 1. The molecular weight excluding hydrogens is 362 g/mol. The lowest BCUT2D eigenvalue weighted by Gasteiger charge is -2.06. The second-order valence-electron chi connectivity index (χ2n) is 5.62. The quantitative estimate of drug-likeness (QED) is 0.544. The summed E-state index contributed by atoms with van der Waals surface area (Å²) in [5, 5.41) is 7.90. The van der Waals surface area contributed by atoms with Crippen molar-refractivity contribution in [1.82, 2.24) is 20.3 Å². The number of hydrogen-bond donors (Lipinski definition) is 2. The number of rotatable bonds is 5. The maximum absolute atomic E-state index is 12.1. The van der Waals surface area contributed by atoms with Gasteiger partial charge in [-0.1, -0.05) is 6.07 Å². The van der Waals surface area contributed by atoms with Crippen molar-refractivity contribution in [1.29, 1.82) is 0 Å². The fourth-order valence-electron chi connectivity index (χ4n) is 2.45. The van der Waals surface area contributed by atoms with Crippen LogP contribution in [0.5, 0.6) is 0 Å². The highest BCUT2D eigenvalue weighted by molar-refractivity contribution is 7.14. The number of amides is 2. The van der Waals surface area contributed by atoms with Crippen LogP contribution in [-0.2, 0) is 6.54 Å². The maximum atomic E-state index is 12.1. The zero-order valence-corrected chi connectivity index (χ0v) is 14.9. The number of aromatic nitrogens is 3. The number of carbonyl (C=O) groups excluding carboxylic acids is 1. The van der Waals surface area contributed by atoms with Gasteiger partial charge in [0.05, 0.1) is 12.0 Å². The molecule has 27 heavy (non-hydrogen) atoms. The van der Waals surface area contributed by atoms with Gasteiger partial charge in [0.15, 0.2) is 5.13 Å². The van der Waals surface area contributed by atoms with Gasteiger partial charge in [0.1, 0.15) is 11.5 Å². The molecule has 0 saturated carbocycles. The summed E-state index contributed by atoms with van der Waals surface area (Å²) in [6.07, 6.45) is 6.74. The first-order chi connectivity index (χ1) is 13.3. The molecule has 0 aliphatic carbocycles. The zero-order chi connectivity index (χ0) is 18.5. The minimum absolute atomic E-state index is 0.333. The van der Waals surface area contributed by atoms with Gasteiger partial charge in [0, 0.05) is 36.1 Å². The lowest BCUT2D eigenvalue weighted by atomic mass is 10.1. The fourth-order valence-corrected chi connectivity index (χ4v) is 3.15. The third-order valence-electron chi connectivity index (χ3n) is 3.71. The first kappa shape index (κ1) is 16.9. The Morgan fingerprint density at radius 2 is 2.11 bits per heavy atom. The number of furan rings is 1. The summed E-state index contributed by atoms with van der Waals surface area (Å²) in [6, 6.07) is 10.9. The standard InChI is InChI=1S/C19H15N5O2S/c25-18(24-19-23-16(12-27-19)15-4-1-2-6-21-15)22-10-13-8-14(11-20-9-13)17-5-3-7-26-17/h1-9,11-12H,10H2,(H2,22,23,24,25). The molecule has 2 amide bonds. The topological polar surface area (TPSA) is 92.9 Å². The molecule has 0 aliphatic heterocycles. The Kier molecular flexibility index (Phi) is 4.88. The molecule has 0 bridgehead atoms. The van der Waals surface area contributed by atoms with E-state index in [4.69, 9.17) is 4.42 Å². The molecule has 0 radical (unpaired) electrons. The molecule has 0 saturated heterocycles. The molecule has 7 nitrogen and oxygen atoms in total. The first-order valence-corrected chi connectivity index (χ1v) is 9.05. The molecule has 4 rings (SSSR count). The first-order valence-electron chi connectivity index (χ1n) is 8.17. The van der Waals surface area contributed by atoms with Crippen LogP contribution < -0.4 is 10.6 Å². The third kappa shape index (κ3) is 4.18. The molecule has 4 aromatic heterocycles. The number of anilines is 1. The van der Waals surface area contributed by atoms with Crippen LogP contribution in [0.15, 0.2) is 71.0 Å². The highest BCUT2D eigenvalue weighted by Gasteiger charge is 2.09. The van der Waals surface area contributed by atoms with Crippen LogP contribution in [0, 0.1) is 0 Å². The number of thiazole rings is 1. The van der Waals surface area contributed by atoms with Crippen LogP contribution in [0.2, 0.25) is 0 Å². The second-order valence-corrected chi connectivity index (χ2v) is 6.48. The van der Waals surface area contributed by atoms with Crippen LogP contribution in [0.25, 0.3) is 22.7 Å². The number of pyridine rings is 2. The zero-order valence-electron chi connectivity index (χ0n) is 14.1. The van der Waals surface area contributed by atoms with Gasteiger partial charge in [-0.25, -0.2) is 9.78 Å². The Hall–Kier alpha value is -3.52. The van der Waals surface area contributed by atoms with Gasteiger partial charge in [-0.2, -0.15) is 0 Å². The SMILES string of the molecule is O=C(NCc1cncc(-c2ccco2)c1)Nc1nc(-c2ccccn2)cs1.